The third-order valence-corrected chi connectivity index (χ3v) is 6.74. The minimum atomic E-state index is -0.0440. The molecule has 1 saturated carbocycles. The fraction of sp³-hybridized carbons (Fsp3) is 0.464. The van der Waals surface area contributed by atoms with Crippen molar-refractivity contribution in [1.29, 1.82) is 0 Å². The Morgan fingerprint density at radius 1 is 1.11 bits per heavy atom. The Bertz CT molecular complexity index is 1090. The first-order valence-electron chi connectivity index (χ1n) is 12.6. The van der Waals surface area contributed by atoms with Gasteiger partial charge in [0.25, 0.3) is 0 Å². The van der Waals surface area contributed by atoms with Crippen molar-refractivity contribution in [3.8, 4) is 11.5 Å². The quantitative estimate of drug-likeness (QED) is 0.515. The summed E-state index contributed by atoms with van der Waals surface area (Å²) < 4.78 is 11.9. The minimum Gasteiger partial charge on any atom is -0.493 e. The van der Waals surface area contributed by atoms with Gasteiger partial charge in [0.1, 0.15) is 0 Å². The number of hydrazone groups is 1. The molecule has 1 heterocycles. The molecule has 2 amide bonds. The van der Waals surface area contributed by atoms with Crippen LogP contribution in [0.25, 0.3) is 0 Å². The number of hydrogen-bond donors (Lipinski definition) is 1. The Labute approximate surface area is 207 Å². The number of rotatable bonds is 9. The minimum absolute atomic E-state index is 0.000428. The summed E-state index contributed by atoms with van der Waals surface area (Å²) in [5.41, 5.74) is 3.47. The van der Waals surface area contributed by atoms with Crippen molar-refractivity contribution >= 4 is 23.2 Å². The highest BCUT2D eigenvalue weighted by atomic mass is 16.5. The monoisotopic (exact) mass is 477 g/mol. The van der Waals surface area contributed by atoms with Crippen molar-refractivity contribution in [2.24, 2.45) is 11.0 Å². The Kier molecular flexibility index (Phi) is 8.06. The molecule has 35 heavy (non-hydrogen) atoms. The number of amides is 2. The summed E-state index contributed by atoms with van der Waals surface area (Å²) in [5, 5.41) is 9.25. The third-order valence-electron chi connectivity index (χ3n) is 6.74. The summed E-state index contributed by atoms with van der Waals surface area (Å²) >= 11 is 0. The largest absolute Gasteiger partial charge is 0.493 e. The maximum Gasteiger partial charge on any atom is 0.243 e. The van der Waals surface area contributed by atoms with Gasteiger partial charge in [0.2, 0.25) is 11.8 Å². The van der Waals surface area contributed by atoms with E-state index in [-0.39, 0.29) is 23.8 Å². The second kappa shape index (κ2) is 11.4. The van der Waals surface area contributed by atoms with Gasteiger partial charge in [-0.05, 0) is 68.0 Å². The van der Waals surface area contributed by atoms with E-state index < -0.39 is 0 Å². The number of methoxy groups -OCH3 is 1. The van der Waals surface area contributed by atoms with Crippen LogP contribution in [0.15, 0.2) is 47.6 Å². The van der Waals surface area contributed by atoms with E-state index in [4.69, 9.17) is 14.6 Å². The highest BCUT2D eigenvalue weighted by Gasteiger charge is 2.30. The van der Waals surface area contributed by atoms with Crippen LogP contribution in [0, 0.1) is 5.92 Å². The van der Waals surface area contributed by atoms with Crippen molar-refractivity contribution in [3.05, 3.63) is 53.6 Å². The fourth-order valence-electron chi connectivity index (χ4n) is 4.72. The van der Waals surface area contributed by atoms with Gasteiger partial charge in [-0.2, -0.15) is 5.10 Å². The van der Waals surface area contributed by atoms with Gasteiger partial charge in [0.15, 0.2) is 11.5 Å². The van der Waals surface area contributed by atoms with E-state index in [1.807, 2.05) is 49.4 Å². The van der Waals surface area contributed by atoms with Gasteiger partial charge >= 0.3 is 0 Å². The zero-order valence-corrected chi connectivity index (χ0v) is 20.9. The smallest absolute Gasteiger partial charge is 0.243 e. The molecule has 1 unspecified atom stereocenters. The van der Waals surface area contributed by atoms with E-state index in [2.05, 4.69) is 12.2 Å². The summed E-state index contributed by atoms with van der Waals surface area (Å²) in [5.74, 6) is 1.44. The predicted molar refractivity (Wildman–Crippen MR) is 137 cm³/mol. The fourth-order valence-corrected chi connectivity index (χ4v) is 4.72. The van der Waals surface area contributed by atoms with Crippen LogP contribution in [0.5, 0.6) is 11.5 Å². The number of carbonyl (C=O) groups excluding carboxylic acids is 2. The van der Waals surface area contributed by atoms with Crippen molar-refractivity contribution in [2.75, 3.05) is 12.4 Å². The molecule has 2 aromatic rings. The highest BCUT2D eigenvalue weighted by molar-refractivity contribution is 6.06. The van der Waals surface area contributed by atoms with Crippen LogP contribution in [0.3, 0.4) is 0 Å². The number of ether oxygens (including phenoxy) is 2. The Balaban J connectivity index is 1.60. The molecular weight excluding hydrogens is 442 g/mol. The lowest BCUT2D eigenvalue weighted by Gasteiger charge is -2.29. The molecule has 1 aliphatic heterocycles. The van der Waals surface area contributed by atoms with Crippen LogP contribution in [0.1, 0.15) is 69.9 Å². The molecule has 1 atom stereocenters. The van der Waals surface area contributed by atoms with Crippen LogP contribution in [-0.4, -0.2) is 35.7 Å². The topological polar surface area (TPSA) is 80.2 Å². The van der Waals surface area contributed by atoms with Crippen LogP contribution < -0.4 is 14.8 Å². The molecule has 1 aliphatic carbocycles. The average molecular weight is 478 g/mol. The zero-order valence-electron chi connectivity index (χ0n) is 20.9. The highest BCUT2D eigenvalue weighted by Crippen LogP contribution is 2.34. The number of hydrogen-bond acceptors (Lipinski definition) is 5. The molecule has 1 N–H and O–H groups in total. The number of carbonyl (C=O) groups is 2. The van der Waals surface area contributed by atoms with Crippen molar-refractivity contribution < 1.29 is 19.1 Å². The molecule has 2 aromatic carbocycles. The van der Waals surface area contributed by atoms with E-state index in [9.17, 15) is 9.59 Å². The second-order valence-corrected chi connectivity index (χ2v) is 9.24. The van der Waals surface area contributed by atoms with Gasteiger partial charge in [-0.1, -0.05) is 26.0 Å². The molecule has 0 saturated heterocycles. The molecule has 4 rings (SSSR count). The lowest BCUT2D eigenvalue weighted by atomic mass is 9.89. The normalized spacial score (nSPS) is 18.4. The molecule has 0 spiro atoms. The van der Waals surface area contributed by atoms with Crippen LogP contribution in [-0.2, 0) is 16.1 Å². The van der Waals surface area contributed by atoms with Gasteiger partial charge < -0.3 is 14.8 Å². The Hall–Kier alpha value is -3.35. The molecule has 186 valence electrons. The molecular formula is C28H35N3O4. The van der Waals surface area contributed by atoms with Crippen molar-refractivity contribution in [3.63, 3.8) is 0 Å². The van der Waals surface area contributed by atoms with Gasteiger partial charge in [-0.3, -0.25) is 9.59 Å². The first-order chi connectivity index (χ1) is 17.0. The summed E-state index contributed by atoms with van der Waals surface area (Å²) in [7, 11) is 1.65. The number of benzene rings is 2. The zero-order chi connectivity index (χ0) is 24.8. The van der Waals surface area contributed by atoms with E-state index in [0.29, 0.717) is 25.1 Å². The van der Waals surface area contributed by atoms with Gasteiger partial charge in [-0.25, -0.2) is 5.01 Å². The second-order valence-electron chi connectivity index (χ2n) is 9.24. The number of nitrogens with one attached hydrogen (secondary N) is 1. The van der Waals surface area contributed by atoms with E-state index in [0.717, 1.165) is 47.5 Å². The predicted octanol–water partition coefficient (Wildman–Crippen LogP) is 5.53. The van der Waals surface area contributed by atoms with Crippen LogP contribution in [0.2, 0.25) is 0 Å². The average Bonchev–Trinajstić information content (AvgIpc) is 3.38. The first-order valence-corrected chi connectivity index (χ1v) is 12.6. The summed E-state index contributed by atoms with van der Waals surface area (Å²) in [6.07, 6.45) is 6.37. The van der Waals surface area contributed by atoms with Crippen molar-refractivity contribution in [2.45, 2.75) is 71.4 Å². The van der Waals surface area contributed by atoms with Crippen LogP contribution in [0.4, 0.5) is 5.69 Å². The summed E-state index contributed by atoms with van der Waals surface area (Å²) in [6, 6.07) is 13.5. The van der Waals surface area contributed by atoms with E-state index >= 15 is 0 Å². The maximum atomic E-state index is 13.0. The maximum absolute atomic E-state index is 13.0. The molecule has 1 fully saturated rings. The van der Waals surface area contributed by atoms with Crippen molar-refractivity contribution in [1.82, 2.24) is 5.01 Å². The molecule has 0 radical (unpaired) electrons. The van der Waals surface area contributed by atoms with E-state index in [1.165, 1.54) is 12.8 Å². The van der Waals surface area contributed by atoms with Gasteiger partial charge in [0, 0.05) is 30.0 Å². The summed E-state index contributed by atoms with van der Waals surface area (Å²) in [6.45, 7) is 4.24. The van der Waals surface area contributed by atoms with Crippen LogP contribution >= 0.6 is 0 Å². The molecule has 7 heteroatoms. The van der Waals surface area contributed by atoms with Gasteiger partial charge in [-0.15, -0.1) is 0 Å². The molecule has 2 aliphatic rings. The first kappa shape index (κ1) is 24.8. The molecule has 0 aromatic heterocycles. The number of anilines is 1. The Morgan fingerprint density at radius 3 is 2.63 bits per heavy atom. The van der Waals surface area contributed by atoms with Gasteiger partial charge in [0.05, 0.1) is 25.5 Å². The lowest BCUT2D eigenvalue weighted by Crippen LogP contribution is -2.36. The Morgan fingerprint density at radius 2 is 1.91 bits per heavy atom. The lowest BCUT2D eigenvalue weighted by molar-refractivity contribution is -0.133. The standard InChI is InChI=1S/C28H35N3O4/c1-4-20-17-27(33)31(18-19-9-8-10-22(15-19)29-26(32)5-2)30-28(20)21-13-14-24(34-3)25(16-21)35-23-11-6-7-12-23/h8-10,13-16,20,23H,4-7,11-12,17-18H2,1-3H3,(H,29,32). The third kappa shape index (κ3) is 6.02. The molecule has 0 bridgehead atoms. The number of nitrogens with zero attached hydrogens (tertiary/aromatic N) is 2. The molecule has 7 nitrogen and oxygen atoms in total. The van der Waals surface area contributed by atoms with E-state index in [1.54, 1.807) is 12.1 Å². The SMILES string of the molecule is CCC(=O)Nc1cccc(CN2N=C(c3ccc(OC)c(OC4CCCC4)c3)C(CC)CC2=O)c1. The summed E-state index contributed by atoms with van der Waals surface area (Å²) in [4.78, 5) is 24.7.